The Balaban J connectivity index is 3.03. The molecule has 19 heavy (non-hydrogen) atoms. The molecule has 106 valence electrons. The molecule has 0 fully saturated rings. The Morgan fingerprint density at radius 3 is 2.53 bits per heavy atom. The second kappa shape index (κ2) is 7.67. The Morgan fingerprint density at radius 1 is 1.32 bits per heavy atom. The molecule has 0 bridgehead atoms. The van der Waals surface area contributed by atoms with Crippen LogP contribution in [0.25, 0.3) is 0 Å². The number of nitrogens with two attached hydrogens (primary N) is 1. The second-order valence-electron chi connectivity index (χ2n) is 4.40. The molecule has 2 N–H and O–H groups in total. The van der Waals surface area contributed by atoms with Crippen molar-refractivity contribution in [2.75, 3.05) is 23.8 Å². The fourth-order valence-corrected chi connectivity index (χ4v) is 2.22. The molecule has 4 nitrogen and oxygen atoms in total. The van der Waals surface area contributed by atoms with Crippen LogP contribution in [-0.4, -0.2) is 25.2 Å². The maximum atomic E-state index is 12.1. The van der Waals surface area contributed by atoms with E-state index >= 15 is 0 Å². The Hall–Kier alpha value is -1.71. The number of ether oxygens (including phenoxy) is 1. The van der Waals surface area contributed by atoms with Crippen LogP contribution in [0.15, 0.2) is 24.3 Å². The van der Waals surface area contributed by atoms with Crippen LogP contribution < -0.4 is 10.6 Å². The average molecular weight is 264 g/mol. The first-order valence-electron chi connectivity index (χ1n) is 6.93. The molecule has 0 saturated carbocycles. The van der Waals surface area contributed by atoms with Crippen LogP contribution in [0.4, 0.5) is 11.4 Å². The van der Waals surface area contributed by atoms with Crippen LogP contribution in [0.5, 0.6) is 0 Å². The molecule has 1 atom stereocenters. The summed E-state index contributed by atoms with van der Waals surface area (Å²) in [6.07, 6.45) is 1.69. The van der Waals surface area contributed by atoms with Crippen LogP contribution >= 0.6 is 0 Å². The normalized spacial score (nSPS) is 11.9. The zero-order valence-electron chi connectivity index (χ0n) is 12.1. The van der Waals surface area contributed by atoms with Crippen molar-refractivity contribution in [2.24, 2.45) is 0 Å². The minimum atomic E-state index is -0.264. The molecule has 0 heterocycles. The van der Waals surface area contributed by atoms with Crippen LogP contribution in [0.3, 0.4) is 0 Å². The second-order valence-corrected chi connectivity index (χ2v) is 4.40. The third-order valence-electron chi connectivity index (χ3n) is 3.08. The largest absolute Gasteiger partial charge is 0.464 e. The molecule has 0 aromatic heterocycles. The van der Waals surface area contributed by atoms with E-state index in [0.29, 0.717) is 12.3 Å². The number of para-hydroxylation sites is 2. The molecule has 1 aromatic rings. The van der Waals surface area contributed by atoms with Crippen LogP contribution in [0.1, 0.15) is 33.6 Å². The molecule has 0 saturated heterocycles. The van der Waals surface area contributed by atoms with E-state index in [4.69, 9.17) is 10.5 Å². The summed E-state index contributed by atoms with van der Waals surface area (Å²) >= 11 is 0. The van der Waals surface area contributed by atoms with E-state index in [0.717, 1.165) is 25.1 Å². The van der Waals surface area contributed by atoms with Crippen LogP contribution in [0, 0.1) is 0 Å². The molecule has 0 aliphatic carbocycles. The monoisotopic (exact) mass is 264 g/mol. The summed E-state index contributed by atoms with van der Waals surface area (Å²) in [6, 6.07) is 7.36. The van der Waals surface area contributed by atoms with Gasteiger partial charge in [-0.25, -0.2) is 4.79 Å². The third kappa shape index (κ3) is 3.88. The first-order valence-corrected chi connectivity index (χ1v) is 6.93. The Labute approximate surface area is 115 Å². The molecular formula is C15H24N2O2. The Morgan fingerprint density at radius 2 is 2.00 bits per heavy atom. The smallest absolute Gasteiger partial charge is 0.328 e. The van der Waals surface area contributed by atoms with Gasteiger partial charge < -0.3 is 15.4 Å². The number of hydrogen-bond acceptors (Lipinski definition) is 4. The Bertz CT molecular complexity index is 407. The van der Waals surface area contributed by atoms with Gasteiger partial charge in [0.25, 0.3) is 0 Å². The van der Waals surface area contributed by atoms with Crippen molar-refractivity contribution in [1.29, 1.82) is 0 Å². The van der Waals surface area contributed by atoms with Gasteiger partial charge in [0.15, 0.2) is 0 Å². The first-order chi connectivity index (χ1) is 9.15. The summed E-state index contributed by atoms with van der Waals surface area (Å²) in [5, 5.41) is 0. The fraction of sp³-hybridized carbons (Fsp3) is 0.533. The maximum Gasteiger partial charge on any atom is 0.328 e. The number of nitrogen functional groups attached to an aromatic ring is 1. The number of rotatable bonds is 7. The predicted octanol–water partition coefficient (Wildman–Crippen LogP) is 2.83. The molecule has 0 amide bonds. The number of nitrogens with zero attached hydrogens (tertiary/aromatic N) is 1. The summed E-state index contributed by atoms with van der Waals surface area (Å²) in [4.78, 5) is 14.1. The number of carbonyl (C=O) groups is 1. The highest BCUT2D eigenvalue weighted by Gasteiger charge is 2.26. The molecule has 0 aliphatic heterocycles. The van der Waals surface area contributed by atoms with Gasteiger partial charge >= 0.3 is 5.97 Å². The lowest BCUT2D eigenvalue weighted by Gasteiger charge is -2.31. The predicted molar refractivity (Wildman–Crippen MR) is 79.2 cm³/mol. The third-order valence-corrected chi connectivity index (χ3v) is 3.08. The van der Waals surface area contributed by atoms with E-state index in [1.807, 2.05) is 43.0 Å². The van der Waals surface area contributed by atoms with Gasteiger partial charge in [0.1, 0.15) is 6.04 Å². The highest BCUT2D eigenvalue weighted by Crippen LogP contribution is 2.26. The quantitative estimate of drug-likeness (QED) is 0.608. The average Bonchev–Trinajstić information content (AvgIpc) is 2.40. The van der Waals surface area contributed by atoms with E-state index in [1.165, 1.54) is 0 Å². The van der Waals surface area contributed by atoms with E-state index in [-0.39, 0.29) is 12.0 Å². The van der Waals surface area contributed by atoms with Gasteiger partial charge in [-0.3, -0.25) is 0 Å². The minimum Gasteiger partial charge on any atom is -0.464 e. The lowest BCUT2D eigenvalue weighted by atomic mass is 10.1. The minimum absolute atomic E-state index is 0.172. The fourth-order valence-electron chi connectivity index (χ4n) is 2.22. The van der Waals surface area contributed by atoms with Gasteiger partial charge in [-0.1, -0.05) is 25.5 Å². The van der Waals surface area contributed by atoms with Crippen molar-refractivity contribution in [3.63, 3.8) is 0 Å². The molecule has 1 aromatic carbocycles. The lowest BCUT2D eigenvalue weighted by Crippen LogP contribution is -2.42. The van der Waals surface area contributed by atoms with Gasteiger partial charge in [-0.2, -0.15) is 0 Å². The van der Waals surface area contributed by atoms with Crippen molar-refractivity contribution < 1.29 is 9.53 Å². The van der Waals surface area contributed by atoms with E-state index in [9.17, 15) is 4.79 Å². The van der Waals surface area contributed by atoms with Crippen LogP contribution in [0.2, 0.25) is 0 Å². The summed E-state index contributed by atoms with van der Waals surface area (Å²) in [5.74, 6) is -0.172. The molecule has 0 radical (unpaired) electrons. The number of carbonyl (C=O) groups excluding carboxylic acids is 1. The zero-order valence-corrected chi connectivity index (χ0v) is 12.1. The van der Waals surface area contributed by atoms with Gasteiger partial charge in [0.2, 0.25) is 0 Å². The number of esters is 1. The molecular weight excluding hydrogens is 240 g/mol. The van der Waals surface area contributed by atoms with Gasteiger partial charge in [-0.15, -0.1) is 0 Å². The van der Waals surface area contributed by atoms with Crippen LogP contribution in [-0.2, 0) is 9.53 Å². The lowest BCUT2D eigenvalue weighted by molar-refractivity contribution is -0.144. The molecule has 1 unspecified atom stereocenters. The summed E-state index contributed by atoms with van der Waals surface area (Å²) in [5.41, 5.74) is 7.60. The maximum absolute atomic E-state index is 12.1. The van der Waals surface area contributed by atoms with Gasteiger partial charge in [0, 0.05) is 6.54 Å². The summed E-state index contributed by atoms with van der Waals surface area (Å²) in [6.45, 7) is 7.04. The summed E-state index contributed by atoms with van der Waals surface area (Å²) < 4.78 is 5.18. The number of benzene rings is 1. The van der Waals surface area contributed by atoms with Gasteiger partial charge in [0.05, 0.1) is 18.0 Å². The van der Waals surface area contributed by atoms with Gasteiger partial charge in [-0.05, 0) is 32.4 Å². The van der Waals surface area contributed by atoms with E-state index in [1.54, 1.807) is 0 Å². The molecule has 1 rings (SSSR count). The SMILES string of the molecule is CCCC(C(=O)OCC)N(CC)c1ccccc1N. The highest BCUT2D eigenvalue weighted by molar-refractivity contribution is 5.82. The summed E-state index contributed by atoms with van der Waals surface area (Å²) in [7, 11) is 0. The van der Waals surface area contributed by atoms with E-state index in [2.05, 4.69) is 6.92 Å². The molecule has 4 heteroatoms. The zero-order chi connectivity index (χ0) is 14.3. The van der Waals surface area contributed by atoms with Crippen molar-refractivity contribution in [3.8, 4) is 0 Å². The van der Waals surface area contributed by atoms with E-state index < -0.39 is 0 Å². The van der Waals surface area contributed by atoms with Crippen molar-refractivity contribution in [1.82, 2.24) is 0 Å². The first kappa shape index (κ1) is 15.3. The topological polar surface area (TPSA) is 55.6 Å². The molecule has 0 spiro atoms. The standard InChI is InChI=1S/C15H24N2O2/c1-4-9-14(15(18)19-6-3)17(5-2)13-11-8-7-10-12(13)16/h7-8,10-11,14H,4-6,9,16H2,1-3H3. The molecule has 0 aliphatic rings. The van der Waals surface area contributed by atoms with Crippen molar-refractivity contribution in [2.45, 2.75) is 39.7 Å². The number of hydrogen-bond donors (Lipinski definition) is 1. The Kier molecular flexibility index (Phi) is 6.19. The van der Waals surface area contributed by atoms with Crippen molar-refractivity contribution >= 4 is 17.3 Å². The highest BCUT2D eigenvalue weighted by atomic mass is 16.5. The van der Waals surface area contributed by atoms with Crippen molar-refractivity contribution in [3.05, 3.63) is 24.3 Å². The number of likely N-dealkylation sites (N-methyl/N-ethyl adjacent to an activating group) is 1. The number of anilines is 2.